The Morgan fingerprint density at radius 1 is 0.591 bits per heavy atom. The molecule has 0 aromatic heterocycles. The van der Waals surface area contributed by atoms with E-state index >= 15 is 0 Å². The first-order chi connectivity index (χ1) is 20.6. The second-order valence-corrected chi connectivity index (χ2v) is 18.0. The highest BCUT2D eigenvalue weighted by Gasteiger charge is 2.55. The predicted molar refractivity (Wildman–Crippen MR) is 190 cm³/mol. The summed E-state index contributed by atoms with van der Waals surface area (Å²) in [4.78, 5) is 0. The van der Waals surface area contributed by atoms with Crippen LogP contribution in [-0.4, -0.2) is 0 Å². The molecule has 0 bridgehead atoms. The van der Waals surface area contributed by atoms with E-state index in [1.807, 2.05) is 0 Å². The molecular weight excluding hydrogens is 528 g/mol. The minimum Gasteiger partial charge on any atom is -0.0799 e. The van der Waals surface area contributed by atoms with Gasteiger partial charge < -0.3 is 0 Å². The second-order valence-electron chi connectivity index (χ2n) is 18.0. The van der Waals surface area contributed by atoms with Crippen LogP contribution in [0.2, 0.25) is 0 Å². The fraction of sp³-hybridized carbons (Fsp3) is 0.545. The van der Waals surface area contributed by atoms with E-state index in [-0.39, 0.29) is 10.8 Å². The Kier molecular flexibility index (Phi) is 8.08. The van der Waals surface area contributed by atoms with Gasteiger partial charge in [0.1, 0.15) is 0 Å². The first-order valence-electron chi connectivity index (χ1n) is 17.6. The highest BCUT2D eigenvalue weighted by Crippen LogP contribution is 2.62. The standard InChI is InChI=1S/C44H58/c1-28-24-34(44(8,9)10)27-37(28)40(31-18-16-30(17-19-31)29-14-12-11-13-15-29)41-38-25-32(42(2,3)4)20-22-35(38)36-23-21-33(26-39(36)41)43(5,6)7/h11-23,25-26,28,34-41H,24,27H2,1-10H3/t28?,34?,35?,36?,37?,38?,39?,40-,41?/m1/s1. The lowest BCUT2D eigenvalue weighted by Gasteiger charge is -2.40. The van der Waals surface area contributed by atoms with E-state index in [2.05, 4.69) is 160 Å². The molecule has 0 aliphatic heterocycles. The summed E-state index contributed by atoms with van der Waals surface area (Å²) in [6, 6.07) is 20.8. The lowest BCUT2D eigenvalue weighted by atomic mass is 9.64. The molecule has 2 fully saturated rings. The van der Waals surface area contributed by atoms with Gasteiger partial charge in [-0.25, -0.2) is 0 Å². The van der Waals surface area contributed by atoms with E-state index in [9.17, 15) is 0 Å². The van der Waals surface area contributed by atoms with Crippen LogP contribution in [0.1, 0.15) is 93.6 Å². The summed E-state index contributed by atoms with van der Waals surface area (Å²) in [5.41, 5.74) is 7.93. The van der Waals surface area contributed by atoms with Crippen LogP contribution in [0.3, 0.4) is 0 Å². The smallest absolute Gasteiger partial charge is 0.00909 e. The van der Waals surface area contributed by atoms with Gasteiger partial charge in [-0.15, -0.1) is 0 Å². The van der Waals surface area contributed by atoms with Crippen molar-refractivity contribution < 1.29 is 0 Å². The van der Waals surface area contributed by atoms with Crippen molar-refractivity contribution in [2.75, 3.05) is 0 Å². The summed E-state index contributed by atoms with van der Waals surface area (Å²) in [5, 5.41) is 0. The van der Waals surface area contributed by atoms with Crippen LogP contribution in [0.5, 0.6) is 0 Å². The number of allylic oxidation sites excluding steroid dienone is 8. The van der Waals surface area contributed by atoms with Gasteiger partial charge in [0.15, 0.2) is 0 Å². The van der Waals surface area contributed by atoms with E-state index in [0.29, 0.717) is 46.8 Å². The third kappa shape index (κ3) is 5.88. The molecule has 8 atom stereocenters. The molecule has 0 spiro atoms. The van der Waals surface area contributed by atoms with Crippen LogP contribution in [0, 0.1) is 63.6 Å². The first-order valence-corrected chi connectivity index (χ1v) is 17.6. The molecule has 0 radical (unpaired) electrons. The molecule has 2 aromatic rings. The van der Waals surface area contributed by atoms with Crippen molar-refractivity contribution in [2.45, 2.75) is 88.0 Å². The van der Waals surface area contributed by atoms with Gasteiger partial charge in [-0.1, -0.05) is 160 Å². The molecule has 7 unspecified atom stereocenters. The minimum atomic E-state index is 0.160. The van der Waals surface area contributed by atoms with Gasteiger partial charge >= 0.3 is 0 Å². The normalized spacial score (nSPS) is 32.6. The van der Waals surface area contributed by atoms with Gasteiger partial charge in [0, 0.05) is 0 Å². The van der Waals surface area contributed by atoms with Crippen LogP contribution in [-0.2, 0) is 0 Å². The van der Waals surface area contributed by atoms with E-state index in [4.69, 9.17) is 0 Å². The molecule has 0 N–H and O–H groups in total. The van der Waals surface area contributed by atoms with Crippen LogP contribution >= 0.6 is 0 Å². The zero-order valence-corrected chi connectivity index (χ0v) is 29.3. The first kappa shape index (κ1) is 31.4. The third-order valence-electron chi connectivity index (χ3n) is 12.1. The van der Waals surface area contributed by atoms with Crippen LogP contribution < -0.4 is 0 Å². The zero-order valence-electron chi connectivity index (χ0n) is 29.3. The number of benzene rings is 2. The maximum Gasteiger partial charge on any atom is -0.00909 e. The van der Waals surface area contributed by atoms with Gasteiger partial charge in [-0.3, -0.25) is 0 Å². The Labute approximate surface area is 269 Å². The number of hydrogen-bond donors (Lipinski definition) is 0. The van der Waals surface area contributed by atoms with Crippen LogP contribution in [0.4, 0.5) is 0 Å². The Morgan fingerprint density at radius 3 is 1.55 bits per heavy atom. The topological polar surface area (TPSA) is 0 Å². The predicted octanol–water partition coefficient (Wildman–Crippen LogP) is 12.3. The van der Waals surface area contributed by atoms with Gasteiger partial charge in [-0.2, -0.15) is 0 Å². The quantitative estimate of drug-likeness (QED) is 0.334. The van der Waals surface area contributed by atoms with Crippen molar-refractivity contribution in [3.63, 3.8) is 0 Å². The van der Waals surface area contributed by atoms with Crippen molar-refractivity contribution in [2.24, 2.45) is 63.6 Å². The summed E-state index contributed by atoms with van der Waals surface area (Å²) >= 11 is 0. The summed E-state index contributed by atoms with van der Waals surface area (Å²) in [5.74, 6) is 5.60. The summed E-state index contributed by atoms with van der Waals surface area (Å²) < 4.78 is 0. The van der Waals surface area contributed by atoms with Crippen molar-refractivity contribution in [3.05, 3.63) is 108 Å². The highest BCUT2D eigenvalue weighted by molar-refractivity contribution is 5.63. The fourth-order valence-corrected chi connectivity index (χ4v) is 9.45. The largest absolute Gasteiger partial charge is 0.0799 e. The summed E-state index contributed by atoms with van der Waals surface area (Å²) in [6.45, 7) is 24.4. The zero-order chi connectivity index (χ0) is 31.6. The molecule has 0 nitrogen and oxygen atoms in total. The minimum absolute atomic E-state index is 0.160. The Hall–Kier alpha value is -2.60. The molecule has 0 saturated heterocycles. The van der Waals surface area contributed by atoms with Crippen molar-refractivity contribution >= 4 is 0 Å². The third-order valence-corrected chi connectivity index (χ3v) is 12.1. The van der Waals surface area contributed by atoms with E-state index in [1.54, 1.807) is 5.56 Å². The maximum atomic E-state index is 2.75. The fourth-order valence-electron chi connectivity index (χ4n) is 9.45. The maximum absolute atomic E-state index is 2.75. The monoisotopic (exact) mass is 586 g/mol. The molecule has 2 saturated carbocycles. The molecule has 0 amide bonds. The number of rotatable bonds is 4. The van der Waals surface area contributed by atoms with Crippen LogP contribution in [0.25, 0.3) is 11.1 Å². The summed E-state index contributed by atoms with van der Waals surface area (Å²) in [6.07, 6.45) is 18.4. The molecule has 4 aliphatic rings. The van der Waals surface area contributed by atoms with Crippen molar-refractivity contribution in [1.29, 1.82) is 0 Å². The SMILES string of the molecule is CC1CC(C(C)(C)C)CC1[C@@H](c1ccc(-c2ccccc2)cc1)C1C2C=C(C(C)(C)C)C=CC2C2C=CC(C(C)(C)C)=CC21. The van der Waals surface area contributed by atoms with E-state index in [0.717, 1.165) is 11.8 Å². The van der Waals surface area contributed by atoms with E-state index < -0.39 is 0 Å². The molecule has 4 aliphatic carbocycles. The van der Waals surface area contributed by atoms with Gasteiger partial charge in [0.05, 0.1) is 0 Å². The Bertz CT molecular complexity index is 1390. The molecule has 234 valence electrons. The average molecular weight is 587 g/mol. The summed E-state index contributed by atoms with van der Waals surface area (Å²) in [7, 11) is 0. The number of hydrogen-bond acceptors (Lipinski definition) is 0. The average Bonchev–Trinajstić information content (AvgIpc) is 3.51. The van der Waals surface area contributed by atoms with Crippen molar-refractivity contribution in [3.8, 4) is 11.1 Å². The highest BCUT2D eigenvalue weighted by atomic mass is 14.6. The molecule has 0 heteroatoms. The molecule has 2 aromatic carbocycles. The van der Waals surface area contributed by atoms with Gasteiger partial charge in [0.25, 0.3) is 0 Å². The van der Waals surface area contributed by atoms with E-state index in [1.165, 1.54) is 35.1 Å². The lowest BCUT2D eigenvalue weighted by molar-refractivity contribution is 0.194. The molecule has 44 heavy (non-hydrogen) atoms. The Balaban J connectivity index is 1.50. The Morgan fingerprint density at radius 2 is 1.09 bits per heavy atom. The molecule has 0 heterocycles. The second kappa shape index (κ2) is 11.3. The number of fused-ring (bicyclic) bond motifs is 3. The van der Waals surface area contributed by atoms with Crippen LogP contribution in [0.15, 0.2) is 102 Å². The van der Waals surface area contributed by atoms with Gasteiger partial charge in [-0.05, 0) is 110 Å². The lowest BCUT2D eigenvalue weighted by Crippen LogP contribution is -2.32. The molecule has 6 rings (SSSR count). The van der Waals surface area contributed by atoms with Crippen molar-refractivity contribution in [1.82, 2.24) is 0 Å². The van der Waals surface area contributed by atoms with Gasteiger partial charge in [0.2, 0.25) is 0 Å². The molecular formula is C44H58.